The third-order valence-electron chi connectivity index (χ3n) is 2.45. The largest absolute Gasteiger partial charge is 0.489 e. The molecule has 0 aliphatic carbocycles. The highest BCUT2D eigenvalue weighted by molar-refractivity contribution is 6.60. The summed E-state index contributed by atoms with van der Waals surface area (Å²) in [5, 5.41) is 18.4. The second kappa shape index (κ2) is 5.57. The van der Waals surface area contributed by atoms with Gasteiger partial charge in [0.25, 0.3) is 0 Å². The lowest BCUT2D eigenvalue weighted by atomic mass is 9.77. The van der Waals surface area contributed by atoms with Crippen molar-refractivity contribution in [3.63, 3.8) is 0 Å². The van der Waals surface area contributed by atoms with Crippen LogP contribution >= 0.6 is 0 Å². The molecule has 0 fully saturated rings. The highest BCUT2D eigenvalue weighted by Crippen LogP contribution is 2.11. The van der Waals surface area contributed by atoms with Gasteiger partial charge < -0.3 is 10.0 Å². The number of halogens is 1. The molecular formula is C13H11BFNO2. The van der Waals surface area contributed by atoms with Crippen molar-refractivity contribution in [2.75, 3.05) is 0 Å². The second-order valence-corrected chi connectivity index (χ2v) is 3.74. The molecule has 90 valence electrons. The molecule has 18 heavy (non-hydrogen) atoms. The standard InChI is InChI=1S/C13H11BFNO2/c15-11-5-7-12(8-6-11)16-9-10-3-1-2-4-13(10)14(17)18/h1-9,17-18H. The molecule has 0 saturated heterocycles. The van der Waals surface area contributed by atoms with Crippen LogP contribution in [-0.4, -0.2) is 23.4 Å². The Morgan fingerprint density at radius 1 is 1.00 bits per heavy atom. The molecule has 0 aromatic heterocycles. The first-order chi connectivity index (χ1) is 8.66. The van der Waals surface area contributed by atoms with Gasteiger partial charge in [-0.2, -0.15) is 0 Å². The molecular weight excluding hydrogens is 232 g/mol. The zero-order valence-electron chi connectivity index (χ0n) is 9.49. The number of aliphatic imine (C=N–C) groups is 1. The summed E-state index contributed by atoms with van der Waals surface area (Å²) in [5.41, 5.74) is 1.58. The average molecular weight is 243 g/mol. The van der Waals surface area contributed by atoms with Crippen LogP contribution in [0.25, 0.3) is 0 Å². The van der Waals surface area contributed by atoms with Crippen LogP contribution in [-0.2, 0) is 0 Å². The molecule has 0 bridgehead atoms. The number of hydrogen-bond donors (Lipinski definition) is 2. The number of hydrogen-bond acceptors (Lipinski definition) is 3. The maximum atomic E-state index is 12.7. The Morgan fingerprint density at radius 2 is 1.67 bits per heavy atom. The summed E-state index contributed by atoms with van der Waals surface area (Å²) in [7, 11) is -1.54. The van der Waals surface area contributed by atoms with Crippen molar-refractivity contribution in [1.29, 1.82) is 0 Å². The Hall–Kier alpha value is -1.98. The molecule has 0 heterocycles. The van der Waals surface area contributed by atoms with Crippen LogP contribution in [0.15, 0.2) is 53.5 Å². The number of rotatable bonds is 3. The lowest BCUT2D eigenvalue weighted by molar-refractivity contribution is 0.425. The zero-order chi connectivity index (χ0) is 13.0. The summed E-state index contributed by atoms with van der Waals surface area (Å²) in [5.74, 6) is -0.319. The van der Waals surface area contributed by atoms with Gasteiger partial charge in [0.1, 0.15) is 5.82 Å². The first kappa shape index (κ1) is 12.5. The van der Waals surface area contributed by atoms with Crippen molar-refractivity contribution in [2.24, 2.45) is 4.99 Å². The Bertz CT molecular complexity index is 555. The maximum absolute atomic E-state index is 12.7. The predicted molar refractivity (Wildman–Crippen MR) is 69.9 cm³/mol. The minimum absolute atomic E-state index is 0.319. The average Bonchev–Trinajstić information content (AvgIpc) is 2.38. The van der Waals surface area contributed by atoms with Gasteiger partial charge in [-0.1, -0.05) is 24.3 Å². The summed E-state index contributed by atoms with van der Waals surface area (Å²) >= 11 is 0. The predicted octanol–water partition coefficient (Wildman–Crippen LogP) is 1.26. The van der Waals surface area contributed by atoms with Gasteiger partial charge in [0.15, 0.2) is 0 Å². The van der Waals surface area contributed by atoms with Crippen LogP contribution in [0.5, 0.6) is 0 Å². The summed E-state index contributed by atoms with van der Waals surface area (Å²) in [6, 6.07) is 12.5. The van der Waals surface area contributed by atoms with Crippen LogP contribution in [0.2, 0.25) is 0 Å². The lowest BCUT2D eigenvalue weighted by Gasteiger charge is -2.03. The van der Waals surface area contributed by atoms with E-state index in [-0.39, 0.29) is 5.82 Å². The Labute approximate surface area is 104 Å². The van der Waals surface area contributed by atoms with Gasteiger partial charge in [-0.15, -0.1) is 0 Å². The van der Waals surface area contributed by atoms with E-state index in [9.17, 15) is 14.4 Å². The van der Waals surface area contributed by atoms with Gasteiger partial charge in [-0.25, -0.2) is 4.39 Å². The molecule has 0 amide bonds. The normalized spacial score (nSPS) is 10.8. The third kappa shape index (κ3) is 3.03. The van der Waals surface area contributed by atoms with E-state index >= 15 is 0 Å². The van der Waals surface area contributed by atoms with Gasteiger partial charge in [0, 0.05) is 6.21 Å². The van der Waals surface area contributed by atoms with E-state index in [4.69, 9.17) is 0 Å². The van der Waals surface area contributed by atoms with E-state index in [0.717, 1.165) is 0 Å². The van der Waals surface area contributed by atoms with Crippen LogP contribution < -0.4 is 5.46 Å². The molecule has 0 saturated carbocycles. The van der Waals surface area contributed by atoms with Crippen LogP contribution in [0.1, 0.15) is 5.56 Å². The Balaban J connectivity index is 2.26. The third-order valence-corrected chi connectivity index (χ3v) is 2.45. The minimum atomic E-state index is -1.54. The molecule has 0 spiro atoms. The van der Waals surface area contributed by atoms with E-state index in [2.05, 4.69) is 4.99 Å². The molecule has 2 aromatic carbocycles. The highest BCUT2D eigenvalue weighted by atomic mass is 19.1. The van der Waals surface area contributed by atoms with E-state index in [0.29, 0.717) is 16.7 Å². The van der Waals surface area contributed by atoms with Crippen molar-refractivity contribution >= 4 is 24.5 Å². The smallest absolute Gasteiger partial charge is 0.423 e. The molecule has 2 rings (SSSR count). The maximum Gasteiger partial charge on any atom is 0.489 e. The molecule has 2 aromatic rings. The van der Waals surface area contributed by atoms with Gasteiger partial charge >= 0.3 is 7.12 Å². The van der Waals surface area contributed by atoms with E-state index < -0.39 is 7.12 Å². The molecule has 0 radical (unpaired) electrons. The summed E-state index contributed by atoms with van der Waals surface area (Å²) in [6.45, 7) is 0. The quantitative estimate of drug-likeness (QED) is 0.629. The first-order valence-corrected chi connectivity index (χ1v) is 5.41. The van der Waals surface area contributed by atoms with Crippen molar-refractivity contribution in [3.8, 4) is 0 Å². The summed E-state index contributed by atoms with van der Waals surface area (Å²) < 4.78 is 12.7. The minimum Gasteiger partial charge on any atom is -0.423 e. The SMILES string of the molecule is OB(O)c1ccccc1C=Nc1ccc(F)cc1. The van der Waals surface area contributed by atoms with Gasteiger partial charge in [0.05, 0.1) is 5.69 Å². The first-order valence-electron chi connectivity index (χ1n) is 5.41. The molecule has 0 aliphatic heterocycles. The second-order valence-electron chi connectivity index (χ2n) is 3.74. The van der Waals surface area contributed by atoms with Crippen molar-refractivity contribution < 1.29 is 14.4 Å². The van der Waals surface area contributed by atoms with Crippen molar-refractivity contribution in [2.45, 2.75) is 0 Å². The summed E-state index contributed by atoms with van der Waals surface area (Å²) in [6.07, 6.45) is 1.52. The van der Waals surface area contributed by atoms with E-state index in [1.54, 1.807) is 36.4 Å². The molecule has 0 atom stereocenters. The van der Waals surface area contributed by atoms with Gasteiger partial charge in [-0.05, 0) is 35.3 Å². The summed E-state index contributed by atoms with van der Waals surface area (Å²) in [4.78, 5) is 4.15. The van der Waals surface area contributed by atoms with E-state index in [1.807, 2.05) is 0 Å². The van der Waals surface area contributed by atoms with Crippen molar-refractivity contribution in [3.05, 3.63) is 59.9 Å². The topological polar surface area (TPSA) is 52.8 Å². The van der Waals surface area contributed by atoms with Crippen LogP contribution in [0, 0.1) is 5.82 Å². The molecule has 0 aliphatic rings. The van der Waals surface area contributed by atoms with E-state index in [1.165, 1.54) is 18.3 Å². The van der Waals surface area contributed by atoms with Crippen LogP contribution in [0.3, 0.4) is 0 Å². The van der Waals surface area contributed by atoms with Gasteiger partial charge in [-0.3, -0.25) is 4.99 Å². The fraction of sp³-hybridized carbons (Fsp3) is 0. The molecule has 5 heteroatoms. The molecule has 0 unspecified atom stereocenters. The Morgan fingerprint density at radius 3 is 2.33 bits per heavy atom. The number of benzene rings is 2. The monoisotopic (exact) mass is 243 g/mol. The highest BCUT2D eigenvalue weighted by Gasteiger charge is 2.13. The Kier molecular flexibility index (Phi) is 3.87. The number of nitrogens with zero attached hydrogens (tertiary/aromatic N) is 1. The molecule has 2 N–H and O–H groups in total. The van der Waals surface area contributed by atoms with Gasteiger partial charge in [0.2, 0.25) is 0 Å². The fourth-order valence-corrected chi connectivity index (χ4v) is 1.53. The lowest BCUT2D eigenvalue weighted by Crippen LogP contribution is -2.32. The van der Waals surface area contributed by atoms with Crippen molar-refractivity contribution in [1.82, 2.24) is 0 Å². The van der Waals surface area contributed by atoms with Crippen LogP contribution in [0.4, 0.5) is 10.1 Å². The zero-order valence-corrected chi connectivity index (χ0v) is 9.49. The fourth-order valence-electron chi connectivity index (χ4n) is 1.53. The molecule has 3 nitrogen and oxygen atoms in total.